The molecule has 0 fully saturated rings. The Morgan fingerprint density at radius 3 is 2.38 bits per heavy atom. The third-order valence-corrected chi connectivity index (χ3v) is 0.501. The van der Waals surface area contributed by atoms with E-state index in [4.69, 9.17) is 5.11 Å². The Labute approximate surface area is 46.6 Å². The van der Waals surface area contributed by atoms with E-state index < -0.39 is 5.97 Å². The summed E-state index contributed by atoms with van der Waals surface area (Å²) in [5.74, 6) is -1.12. The maximum absolute atomic E-state index is 9.71. The van der Waals surface area contributed by atoms with Gasteiger partial charge in [-0.05, 0) is 6.92 Å². The Kier molecular flexibility index (Phi) is 2.54. The standard InChI is InChI=1S/C5H5O3/c1-4(3-6)2-5(7)8/h2H,1H3,(H,7,8)/b4-2+. The number of carbonyl (C=O) groups excluding carboxylic acids is 1. The summed E-state index contributed by atoms with van der Waals surface area (Å²) in [5.41, 5.74) is 0.0949. The lowest BCUT2D eigenvalue weighted by atomic mass is 10.3. The van der Waals surface area contributed by atoms with Crippen molar-refractivity contribution in [1.29, 1.82) is 0 Å². The van der Waals surface area contributed by atoms with Crippen LogP contribution in [0, 0.1) is 0 Å². The quantitative estimate of drug-likeness (QED) is 0.518. The number of carbonyl (C=O) groups is 1. The first-order valence-corrected chi connectivity index (χ1v) is 1.96. The smallest absolute Gasteiger partial charge is 0.328 e. The minimum absolute atomic E-state index is 0.0949. The molecule has 0 aromatic heterocycles. The van der Waals surface area contributed by atoms with Crippen LogP contribution in [0.5, 0.6) is 0 Å². The van der Waals surface area contributed by atoms with Crippen LogP contribution < -0.4 is 0 Å². The van der Waals surface area contributed by atoms with Crippen molar-refractivity contribution in [1.82, 2.24) is 0 Å². The number of carboxylic acids is 1. The van der Waals surface area contributed by atoms with Crippen LogP contribution in [0.1, 0.15) is 6.92 Å². The SMILES string of the molecule is C/C([C]=O)=C\C(=O)O. The Morgan fingerprint density at radius 1 is 1.75 bits per heavy atom. The normalized spacial score (nSPS) is 10.9. The summed E-state index contributed by atoms with van der Waals surface area (Å²) in [5, 5.41) is 7.96. The predicted octanol–water partition coefficient (Wildman–Crippen LogP) is 0.127. The van der Waals surface area contributed by atoms with Gasteiger partial charge in [-0.25, -0.2) is 4.79 Å². The summed E-state index contributed by atoms with van der Waals surface area (Å²) < 4.78 is 0. The van der Waals surface area contributed by atoms with E-state index in [0.717, 1.165) is 6.08 Å². The van der Waals surface area contributed by atoms with Crippen LogP contribution in [0.25, 0.3) is 0 Å². The summed E-state index contributed by atoms with van der Waals surface area (Å²) in [6.45, 7) is 1.38. The second-order valence-corrected chi connectivity index (χ2v) is 1.27. The third-order valence-electron chi connectivity index (χ3n) is 0.501. The van der Waals surface area contributed by atoms with E-state index in [1.165, 1.54) is 13.2 Å². The number of aliphatic carboxylic acids is 1. The molecule has 0 aliphatic heterocycles. The Morgan fingerprint density at radius 2 is 2.25 bits per heavy atom. The maximum Gasteiger partial charge on any atom is 0.328 e. The second-order valence-electron chi connectivity index (χ2n) is 1.27. The minimum Gasteiger partial charge on any atom is -0.478 e. The molecule has 1 N–H and O–H groups in total. The first-order chi connectivity index (χ1) is 3.66. The van der Waals surface area contributed by atoms with E-state index in [0.29, 0.717) is 0 Å². The van der Waals surface area contributed by atoms with Crippen molar-refractivity contribution in [2.75, 3.05) is 0 Å². The highest BCUT2D eigenvalue weighted by Crippen LogP contribution is 1.83. The fourth-order valence-electron chi connectivity index (χ4n) is 0.215. The molecular weight excluding hydrogens is 108 g/mol. The summed E-state index contributed by atoms with van der Waals surface area (Å²) in [7, 11) is 0. The monoisotopic (exact) mass is 113 g/mol. The van der Waals surface area contributed by atoms with Crippen molar-refractivity contribution < 1.29 is 14.7 Å². The Balaban J connectivity index is 3.94. The number of carboxylic acid groups (broad SMARTS) is 1. The fourth-order valence-corrected chi connectivity index (χ4v) is 0.215. The van der Waals surface area contributed by atoms with Crippen LogP contribution in [0.4, 0.5) is 0 Å². The molecule has 8 heavy (non-hydrogen) atoms. The number of hydrogen-bond donors (Lipinski definition) is 1. The molecule has 0 aromatic rings. The molecule has 0 amide bonds. The van der Waals surface area contributed by atoms with Gasteiger partial charge in [0.05, 0.1) is 0 Å². The van der Waals surface area contributed by atoms with E-state index in [-0.39, 0.29) is 5.57 Å². The molecule has 0 spiro atoms. The number of allylic oxidation sites excluding steroid dienone is 1. The molecule has 0 saturated carbocycles. The topological polar surface area (TPSA) is 54.4 Å². The van der Waals surface area contributed by atoms with Crippen LogP contribution in [0.3, 0.4) is 0 Å². The summed E-state index contributed by atoms with van der Waals surface area (Å²) in [6, 6.07) is 0. The predicted molar refractivity (Wildman–Crippen MR) is 27.1 cm³/mol. The average molecular weight is 113 g/mol. The van der Waals surface area contributed by atoms with Gasteiger partial charge in [0.25, 0.3) is 0 Å². The molecule has 3 heteroatoms. The highest BCUT2D eigenvalue weighted by molar-refractivity contribution is 5.88. The van der Waals surface area contributed by atoms with Crippen molar-refractivity contribution in [2.24, 2.45) is 0 Å². The van der Waals surface area contributed by atoms with Crippen LogP contribution in [0.2, 0.25) is 0 Å². The lowest BCUT2D eigenvalue weighted by molar-refractivity contribution is -0.131. The van der Waals surface area contributed by atoms with Crippen LogP contribution in [0.15, 0.2) is 11.6 Å². The third kappa shape index (κ3) is 3.08. The van der Waals surface area contributed by atoms with Crippen molar-refractivity contribution in [2.45, 2.75) is 6.92 Å². The maximum atomic E-state index is 9.71. The van der Waals surface area contributed by atoms with Gasteiger partial charge in [-0.1, -0.05) is 0 Å². The zero-order chi connectivity index (χ0) is 6.57. The van der Waals surface area contributed by atoms with Crippen LogP contribution >= 0.6 is 0 Å². The molecule has 0 unspecified atom stereocenters. The summed E-state index contributed by atoms with van der Waals surface area (Å²) in [4.78, 5) is 19.3. The molecule has 0 aliphatic carbocycles. The van der Waals surface area contributed by atoms with Gasteiger partial charge >= 0.3 is 5.97 Å². The van der Waals surface area contributed by atoms with Crippen molar-refractivity contribution >= 4 is 12.3 Å². The van der Waals surface area contributed by atoms with Crippen molar-refractivity contribution in [3.63, 3.8) is 0 Å². The first-order valence-electron chi connectivity index (χ1n) is 1.96. The zero-order valence-corrected chi connectivity index (χ0v) is 4.34. The molecule has 0 aliphatic rings. The van der Waals surface area contributed by atoms with Crippen LogP contribution in [-0.2, 0) is 9.59 Å². The van der Waals surface area contributed by atoms with E-state index in [1.807, 2.05) is 0 Å². The molecule has 0 atom stereocenters. The molecule has 1 radical (unpaired) electrons. The molecule has 3 nitrogen and oxygen atoms in total. The van der Waals surface area contributed by atoms with E-state index in [1.54, 1.807) is 0 Å². The molecule has 0 aromatic carbocycles. The van der Waals surface area contributed by atoms with Crippen LogP contribution in [-0.4, -0.2) is 17.4 Å². The van der Waals surface area contributed by atoms with Gasteiger partial charge in [0.15, 0.2) is 0 Å². The van der Waals surface area contributed by atoms with Crippen molar-refractivity contribution in [3.8, 4) is 0 Å². The molecular formula is C5H5O3. The highest BCUT2D eigenvalue weighted by atomic mass is 16.4. The van der Waals surface area contributed by atoms with Gasteiger partial charge in [0.1, 0.15) is 0 Å². The van der Waals surface area contributed by atoms with Gasteiger partial charge in [-0.15, -0.1) is 0 Å². The minimum atomic E-state index is -1.12. The number of rotatable bonds is 2. The van der Waals surface area contributed by atoms with Gasteiger partial charge in [-0.3, -0.25) is 4.79 Å². The van der Waals surface area contributed by atoms with Gasteiger partial charge < -0.3 is 5.11 Å². The summed E-state index contributed by atoms with van der Waals surface area (Å²) >= 11 is 0. The largest absolute Gasteiger partial charge is 0.478 e. The average Bonchev–Trinajstić information content (AvgIpc) is 1.65. The molecule has 0 rings (SSSR count). The Hall–Kier alpha value is -1.12. The molecule has 0 bridgehead atoms. The highest BCUT2D eigenvalue weighted by Gasteiger charge is 1.89. The van der Waals surface area contributed by atoms with E-state index >= 15 is 0 Å². The number of hydrogen-bond acceptors (Lipinski definition) is 2. The summed E-state index contributed by atoms with van der Waals surface area (Å²) in [6.07, 6.45) is 2.23. The Bertz CT molecular complexity index is 135. The lowest BCUT2D eigenvalue weighted by Gasteiger charge is -1.78. The molecule has 0 saturated heterocycles. The van der Waals surface area contributed by atoms with Gasteiger partial charge in [-0.2, -0.15) is 0 Å². The van der Waals surface area contributed by atoms with E-state index in [2.05, 4.69) is 0 Å². The van der Waals surface area contributed by atoms with Crippen molar-refractivity contribution in [3.05, 3.63) is 11.6 Å². The van der Waals surface area contributed by atoms with E-state index in [9.17, 15) is 9.59 Å². The zero-order valence-electron chi connectivity index (χ0n) is 4.34. The van der Waals surface area contributed by atoms with Gasteiger partial charge in [0, 0.05) is 11.6 Å². The fraction of sp³-hybridized carbons (Fsp3) is 0.200. The molecule has 0 heterocycles. The lowest BCUT2D eigenvalue weighted by Crippen LogP contribution is -1.89. The first kappa shape index (κ1) is 6.88. The second kappa shape index (κ2) is 2.96. The van der Waals surface area contributed by atoms with Gasteiger partial charge in [0.2, 0.25) is 6.29 Å². The molecule has 43 valence electrons.